The first-order valence-electron chi connectivity index (χ1n) is 4.76. The molecule has 1 fully saturated rings. The third kappa shape index (κ3) is 2.02. The SMILES string of the molecule is O=C(O)C1CC(c2ccc(F)c(F)c2)NN1. The first kappa shape index (κ1) is 11.0. The van der Waals surface area contributed by atoms with Gasteiger partial charge in [0.25, 0.3) is 0 Å². The first-order chi connectivity index (χ1) is 7.58. The smallest absolute Gasteiger partial charge is 0.322 e. The maximum atomic E-state index is 12.9. The average molecular weight is 228 g/mol. The van der Waals surface area contributed by atoms with Crippen molar-refractivity contribution in [3.63, 3.8) is 0 Å². The van der Waals surface area contributed by atoms with Crippen molar-refractivity contribution in [1.82, 2.24) is 10.9 Å². The fourth-order valence-corrected chi connectivity index (χ4v) is 1.67. The van der Waals surface area contributed by atoms with Gasteiger partial charge in [0.15, 0.2) is 11.6 Å². The van der Waals surface area contributed by atoms with E-state index in [0.717, 1.165) is 12.1 Å². The van der Waals surface area contributed by atoms with E-state index in [0.29, 0.717) is 12.0 Å². The maximum Gasteiger partial charge on any atom is 0.322 e. The van der Waals surface area contributed by atoms with Crippen LogP contribution in [0.5, 0.6) is 0 Å². The van der Waals surface area contributed by atoms with Gasteiger partial charge in [-0.3, -0.25) is 4.79 Å². The molecule has 1 heterocycles. The van der Waals surface area contributed by atoms with Crippen molar-refractivity contribution in [2.75, 3.05) is 0 Å². The molecule has 0 bridgehead atoms. The molecule has 4 nitrogen and oxygen atoms in total. The van der Waals surface area contributed by atoms with Crippen LogP contribution in [0.25, 0.3) is 0 Å². The van der Waals surface area contributed by atoms with Gasteiger partial charge in [-0.05, 0) is 24.1 Å². The molecule has 0 radical (unpaired) electrons. The molecule has 1 aliphatic heterocycles. The summed E-state index contributed by atoms with van der Waals surface area (Å²) in [5.41, 5.74) is 5.83. The standard InChI is InChI=1S/C10H10F2N2O2/c11-6-2-1-5(3-7(6)12)8-4-9(10(15)16)14-13-8/h1-3,8-9,13-14H,4H2,(H,15,16). The van der Waals surface area contributed by atoms with Gasteiger partial charge in [-0.25, -0.2) is 19.6 Å². The predicted octanol–water partition coefficient (Wildman–Crippen LogP) is 0.957. The summed E-state index contributed by atoms with van der Waals surface area (Å²) in [7, 11) is 0. The number of carboxylic acid groups (broad SMARTS) is 1. The molecule has 2 unspecified atom stereocenters. The van der Waals surface area contributed by atoms with Gasteiger partial charge < -0.3 is 5.11 Å². The number of benzene rings is 1. The highest BCUT2D eigenvalue weighted by atomic mass is 19.2. The fourth-order valence-electron chi connectivity index (χ4n) is 1.67. The first-order valence-corrected chi connectivity index (χ1v) is 4.76. The Kier molecular flexibility index (Phi) is 2.84. The van der Waals surface area contributed by atoms with Crippen LogP contribution in [0.1, 0.15) is 18.0 Å². The number of aliphatic carboxylic acids is 1. The number of hydrogen-bond acceptors (Lipinski definition) is 3. The van der Waals surface area contributed by atoms with Crippen molar-refractivity contribution in [1.29, 1.82) is 0 Å². The molecule has 6 heteroatoms. The van der Waals surface area contributed by atoms with Gasteiger partial charge >= 0.3 is 5.97 Å². The molecule has 1 aliphatic rings. The highest BCUT2D eigenvalue weighted by Gasteiger charge is 2.30. The Balaban J connectivity index is 2.14. The molecular weight excluding hydrogens is 218 g/mol. The quantitative estimate of drug-likeness (QED) is 0.705. The molecule has 3 N–H and O–H groups in total. The highest BCUT2D eigenvalue weighted by Crippen LogP contribution is 2.23. The summed E-state index contributed by atoms with van der Waals surface area (Å²) in [5.74, 6) is -2.82. The number of hydrazine groups is 1. The van der Waals surface area contributed by atoms with E-state index in [-0.39, 0.29) is 6.04 Å². The minimum Gasteiger partial charge on any atom is -0.480 e. The molecule has 2 rings (SSSR count). The number of carbonyl (C=O) groups is 1. The van der Waals surface area contributed by atoms with E-state index < -0.39 is 23.6 Å². The lowest BCUT2D eigenvalue weighted by atomic mass is 10.0. The van der Waals surface area contributed by atoms with E-state index in [1.165, 1.54) is 6.07 Å². The predicted molar refractivity (Wildman–Crippen MR) is 51.4 cm³/mol. The van der Waals surface area contributed by atoms with E-state index >= 15 is 0 Å². The molecule has 0 aromatic heterocycles. The van der Waals surface area contributed by atoms with E-state index in [2.05, 4.69) is 10.9 Å². The molecule has 0 spiro atoms. The van der Waals surface area contributed by atoms with Crippen LogP contribution in [-0.2, 0) is 4.79 Å². The lowest BCUT2D eigenvalue weighted by Gasteiger charge is -2.09. The molecular formula is C10H10F2N2O2. The molecule has 16 heavy (non-hydrogen) atoms. The molecule has 2 atom stereocenters. The number of hydrogen-bond donors (Lipinski definition) is 3. The van der Waals surface area contributed by atoms with Gasteiger partial charge in [0.05, 0.1) is 0 Å². The van der Waals surface area contributed by atoms with E-state index in [4.69, 9.17) is 5.11 Å². The van der Waals surface area contributed by atoms with E-state index in [1.54, 1.807) is 0 Å². The lowest BCUT2D eigenvalue weighted by molar-refractivity contribution is -0.139. The molecule has 0 amide bonds. The summed E-state index contributed by atoms with van der Waals surface area (Å²) < 4.78 is 25.6. The van der Waals surface area contributed by atoms with E-state index in [1.807, 2.05) is 0 Å². The van der Waals surface area contributed by atoms with Crippen molar-refractivity contribution in [3.8, 4) is 0 Å². The monoisotopic (exact) mass is 228 g/mol. The van der Waals surface area contributed by atoms with Crippen LogP contribution in [0.3, 0.4) is 0 Å². The molecule has 1 saturated heterocycles. The molecule has 1 aromatic rings. The maximum absolute atomic E-state index is 12.9. The second-order valence-corrected chi connectivity index (χ2v) is 3.64. The Morgan fingerprint density at radius 1 is 1.31 bits per heavy atom. The lowest BCUT2D eigenvalue weighted by Crippen LogP contribution is -2.36. The van der Waals surface area contributed by atoms with Crippen molar-refractivity contribution >= 4 is 5.97 Å². The average Bonchev–Trinajstić information content (AvgIpc) is 2.71. The Labute approximate surface area is 90.2 Å². The van der Waals surface area contributed by atoms with Gasteiger partial charge in [0, 0.05) is 6.04 Å². The van der Waals surface area contributed by atoms with Crippen molar-refractivity contribution in [3.05, 3.63) is 35.4 Å². The van der Waals surface area contributed by atoms with Crippen LogP contribution in [-0.4, -0.2) is 17.1 Å². The van der Waals surface area contributed by atoms with Gasteiger partial charge in [0.2, 0.25) is 0 Å². The molecule has 1 aromatic carbocycles. The summed E-state index contributed by atoms with van der Waals surface area (Å²) in [4.78, 5) is 10.7. The zero-order chi connectivity index (χ0) is 11.7. The van der Waals surface area contributed by atoms with Gasteiger partial charge in [-0.2, -0.15) is 0 Å². The Bertz CT molecular complexity index is 425. The largest absolute Gasteiger partial charge is 0.480 e. The fraction of sp³-hybridized carbons (Fsp3) is 0.300. The number of carboxylic acids is 1. The van der Waals surface area contributed by atoms with Crippen LogP contribution < -0.4 is 10.9 Å². The van der Waals surface area contributed by atoms with Crippen LogP contribution >= 0.6 is 0 Å². The minimum atomic E-state index is -0.974. The minimum absolute atomic E-state index is 0.292. The van der Waals surface area contributed by atoms with Crippen molar-refractivity contribution in [2.24, 2.45) is 0 Å². The summed E-state index contributed by atoms with van der Waals surface area (Å²) in [6, 6.07) is 2.50. The second kappa shape index (κ2) is 4.15. The number of halogens is 2. The summed E-state index contributed by atoms with van der Waals surface area (Å²) in [6.45, 7) is 0. The third-order valence-corrected chi connectivity index (χ3v) is 2.55. The van der Waals surface area contributed by atoms with Crippen LogP contribution in [0.15, 0.2) is 18.2 Å². The number of rotatable bonds is 2. The highest BCUT2D eigenvalue weighted by molar-refractivity contribution is 5.73. The summed E-state index contributed by atoms with van der Waals surface area (Å²) in [6.07, 6.45) is 0.292. The Hall–Kier alpha value is -1.53. The van der Waals surface area contributed by atoms with Crippen molar-refractivity contribution < 1.29 is 18.7 Å². The van der Waals surface area contributed by atoms with Gasteiger partial charge in [-0.1, -0.05) is 6.07 Å². The molecule has 0 saturated carbocycles. The van der Waals surface area contributed by atoms with Crippen molar-refractivity contribution in [2.45, 2.75) is 18.5 Å². The summed E-state index contributed by atoms with van der Waals surface area (Å²) in [5, 5.41) is 8.74. The molecule has 0 aliphatic carbocycles. The van der Waals surface area contributed by atoms with Gasteiger partial charge in [0.1, 0.15) is 6.04 Å². The zero-order valence-electron chi connectivity index (χ0n) is 8.21. The van der Waals surface area contributed by atoms with E-state index in [9.17, 15) is 13.6 Å². The number of nitrogens with one attached hydrogen (secondary N) is 2. The normalized spacial score (nSPS) is 24.6. The Morgan fingerprint density at radius 3 is 2.62 bits per heavy atom. The third-order valence-electron chi connectivity index (χ3n) is 2.55. The summed E-state index contributed by atoms with van der Waals surface area (Å²) >= 11 is 0. The second-order valence-electron chi connectivity index (χ2n) is 3.64. The zero-order valence-corrected chi connectivity index (χ0v) is 8.21. The topological polar surface area (TPSA) is 61.4 Å². The Morgan fingerprint density at radius 2 is 2.06 bits per heavy atom. The van der Waals surface area contributed by atoms with Gasteiger partial charge in [-0.15, -0.1) is 0 Å². The van der Waals surface area contributed by atoms with Crippen LogP contribution in [0.2, 0.25) is 0 Å². The van der Waals surface area contributed by atoms with Crippen LogP contribution in [0, 0.1) is 11.6 Å². The molecule has 86 valence electrons. The van der Waals surface area contributed by atoms with Crippen LogP contribution in [0.4, 0.5) is 8.78 Å².